The van der Waals surface area contributed by atoms with Crippen molar-refractivity contribution in [3.8, 4) is 0 Å². The van der Waals surface area contributed by atoms with Gasteiger partial charge in [-0.25, -0.2) is 14.8 Å². The molecule has 9 heteroatoms. The first-order valence-electron chi connectivity index (χ1n) is 6.59. The number of carbonyl (C=O) groups excluding carboxylic acids is 1. The molecule has 3 rings (SSSR count). The van der Waals surface area contributed by atoms with Crippen LogP contribution in [0.15, 0.2) is 27.7 Å². The van der Waals surface area contributed by atoms with Crippen molar-refractivity contribution in [3.05, 3.63) is 40.4 Å². The predicted octanol–water partition coefficient (Wildman–Crippen LogP) is 0.0334. The monoisotopic (exact) mass is 314 g/mol. The Labute approximate surface area is 133 Å². The number of aromatic nitrogens is 2. The number of nitrogens with two attached hydrogens (primary N) is 3. The summed E-state index contributed by atoms with van der Waals surface area (Å²) in [5.41, 5.74) is 19.9. The molecule has 0 aliphatic carbocycles. The van der Waals surface area contributed by atoms with Crippen LogP contribution in [0.2, 0.25) is 0 Å². The number of anilines is 1. The zero-order valence-corrected chi connectivity index (χ0v) is 12.9. The molecule has 1 aromatic heterocycles. The first-order valence-corrected chi connectivity index (χ1v) is 6.59. The molecule has 0 unspecified atom stereocenters. The van der Waals surface area contributed by atoms with Gasteiger partial charge in [0.15, 0.2) is 0 Å². The molecule has 0 bridgehead atoms. The zero-order valence-electron chi connectivity index (χ0n) is 12.9. The maximum absolute atomic E-state index is 8.58. The van der Waals surface area contributed by atoms with Crippen molar-refractivity contribution in [1.82, 2.24) is 9.97 Å². The minimum absolute atomic E-state index is 0.250. The molecule has 6 N–H and O–H groups in total. The van der Waals surface area contributed by atoms with Crippen molar-refractivity contribution in [2.75, 3.05) is 12.3 Å². The number of hydrogen-bond acceptors (Lipinski definition) is 7. The van der Waals surface area contributed by atoms with Crippen molar-refractivity contribution in [2.24, 2.45) is 21.5 Å². The van der Waals surface area contributed by atoms with Crippen molar-refractivity contribution < 1.29 is 4.79 Å². The van der Waals surface area contributed by atoms with Gasteiger partial charge in [-0.2, -0.15) is 0 Å². The average Bonchev–Trinajstić information content (AvgIpc) is 3.05. The molecule has 3 heterocycles. The third-order valence-corrected chi connectivity index (χ3v) is 3.03. The molecule has 0 radical (unpaired) electrons. The summed E-state index contributed by atoms with van der Waals surface area (Å²) in [7, 11) is 0. The van der Waals surface area contributed by atoms with E-state index in [1.807, 2.05) is 6.92 Å². The first kappa shape index (κ1) is 17.8. The van der Waals surface area contributed by atoms with Gasteiger partial charge in [-0.1, -0.05) is 0 Å². The van der Waals surface area contributed by atoms with Crippen LogP contribution in [0.4, 0.5) is 5.82 Å². The Morgan fingerprint density at radius 1 is 1.17 bits per heavy atom. The average molecular weight is 314 g/mol. The van der Waals surface area contributed by atoms with Crippen molar-refractivity contribution >= 4 is 23.7 Å². The summed E-state index contributed by atoms with van der Waals surface area (Å²) in [5.74, 6) is 0.536. The number of allylic oxidation sites excluding steroid dienone is 1. The predicted molar refractivity (Wildman–Crippen MR) is 88.4 cm³/mol. The number of carbonyl (C=O) groups is 1. The number of hydrogen-bond donors (Lipinski definition) is 3. The molecule has 0 saturated heterocycles. The second-order valence-electron chi connectivity index (χ2n) is 4.51. The summed E-state index contributed by atoms with van der Waals surface area (Å²) in [4.78, 5) is 27.9. The van der Waals surface area contributed by atoms with E-state index in [1.54, 1.807) is 6.92 Å². The fourth-order valence-electron chi connectivity index (χ4n) is 1.96. The number of nitrogen functional groups attached to an aromatic ring is 1. The molecule has 1 amide bonds. The fourth-order valence-corrected chi connectivity index (χ4v) is 1.96. The molecule has 0 aromatic carbocycles. The molecule has 0 spiro atoms. The molecular formula is C14H18N8O. The molecule has 0 saturated carbocycles. The van der Waals surface area contributed by atoms with Gasteiger partial charge in [-0.15, -0.1) is 0 Å². The van der Waals surface area contributed by atoms with E-state index in [0.29, 0.717) is 30.3 Å². The van der Waals surface area contributed by atoms with E-state index in [4.69, 9.17) is 22.8 Å². The highest BCUT2D eigenvalue weighted by molar-refractivity contribution is 6.05. The van der Waals surface area contributed by atoms with E-state index < -0.39 is 0 Å². The van der Waals surface area contributed by atoms with Crippen LogP contribution in [0.1, 0.15) is 25.1 Å². The molecule has 9 nitrogen and oxygen atoms in total. The van der Waals surface area contributed by atoms with Gasteiger partial charge in [0, 0.05) is 17.1 Å². The number of amides is 1. The van der Waals surface area contributed by atoms with Crippen LogP contribution in [0.5, 0.6) is 0 Å². The van der Waals surface area contributed by atoms with Crippen LogP contribution in [0, 0.1) is 6.57 Å². The van der Waals surface area contributed by atoms with E-state index in [0.717, 1.165) is 22.7 Å². The largest absolute Gasteiger partial charge is 0.409 e. The standard InChI is InChI=1S/C7H8N4.C6H7N3.CH3NO/c1-4-6-5(2-9-4)10-3-11-7(6)8;1-4-6(8-2)5(7)3-9-4;2-1-3/h3H,2H2,1H3,(H2,8,10,11);3,7H2,1H3;1H,(H2,2,3). The number of fused-ring (bicyclic) bond motifs is 1. The third-order valence-electron chi connectivity index (χ3n) is 3.03. The molecule has 23 heavy (non-hydrogen) atoms. The Hall–Kier alpha value is -3.28. The lowest BCUT2D eigenvalue weighted by Gasteiger charge is -1.99. The maximum Gasteiger partial charge on any atom is 0.227 e. The third kappa shape index (κ3) is 4.34. The maximum atomic E-state index is 8.58. The summed E-state index contributed by atoms with van der Waals surface area (Å²) < 4.78 is 0. The smallest absolute Gasteiger partial charge is 0.227 e. The molecule has 2 aliphatic rings. The van der Waals surface area contributed by atoms with Gasteiger partial charge >= 0.3 is 0 Å². The molecule has 0 fully saturated rings. The lowest BCUT2D eigenvalue weighted by molar-refractivity contribution is -0.106. The van der Waals surface area contributed by atoms with Gasteiger partial charge in [-0.05, 0) is 13.8 Å². The topological polar surface area (TPSA) is 150 Å². The van der Waals surface area contributed by atoms with Gasteiger partial charge < -0.3 is 17.2 Å². The van der Waals surface area contributed by atoms with E-state index in [2.05, 4.69) is 30.5 Å². The molecule has 2 aliphatic heterocycles. The van der Waals surface area contributed by atoms with Gasteiger partial charge in [0.25, 0.3) is 0 Å². The summed E-state index contributed by atoms with van der Waals surface area (Å²) in [6, 6.07) is 0. The highest BCUT2D eigenvalue weighted by Crippen LogP contribution is 2.19. The summed E-state index contributed by atoms with van der Waals surface area (Å²) in [5, 5.41) is 0. The van der Waals surface area contributed by atoms with Gasteiger partial charge in [0.2, 0.25) is 12.1 Å². The number of nitrogens with zero attached hydrogens (tertiary/aromatic N) is 5. The fraction of sp³-hybridized carbons (Fsp3) is 0.286. The molecule has 0 atom stereocenters. The highest BCUT2D eigenvalue weighted by Gasteiger charge is 2.16. The molecule has 1 aromatic rings. The van der Waals surface area contributed by atoms with E-state index >= 15 is 0 Å². The minimum Gasteiger partial charge on any atom is -0.409 e. The lowest BCUT2D eigenvalue weighted by atomic mass is 10.2. The Bertz CT molecular complexity index is 727. The van der Waals surface area contributed by atoms with Crippen LogP contribution in [0.25, 0.3) is 4.85 Å². The summed E-state index contributed by atoms with van der Waals surface area (Å²) in [6.07, 6.45) is 1.72. The normalized spacial score (nSPS) is 14.3. The van der Waals surface area contributed by atoms with Crippen LogP contribution in [-0.4, -0.2) is 34.3 Å². The van der Waals surface area contributed by atoms with Crippen LogP contribution in [-0.2, 0) is 11.3 Å². The van der Waals surface area contributed by atoms with Gasteiger partial charge in [0.1, 0.15) is 12.1 Å². The Balaban J connectivity index is 0.000000200. The molecular weight excluding hydrogens is 296 g/mol. The van der Waals surface area contributed by atoms with Gasteiger partial charge in [-0.3, -0.25) is 14.8 Å². The Kier molecular flexibility index (Phi) is 6.36. The lowest BCUT2D eigenvalue weighted by Crippen LogP contribution is -2.03. The quantitative estimate of drug-likeness (QED) is 0.456. The van der Waals surface area contributed by atoms with Crippen molar-refractivity contribution in [1.29, 1.82) is 0 Å². The van der Waals surface area contributed by atoms with Gasteiger partial charge in [0.05, 0.1) is 30.9 Å². The van der Waals surface area contributed by atoms with Crippen LogP contribution < -0.4 is 17.2 Å². The zero-order chi connectivity index (χ0) is 17.4. The highest BCUT2D eigenvalue weighted by atomic mass is 16.1. The van der Waals surface area contributed by atoms with Crippen LogP contribution in [0.3, 0.4) is 0 Å². The first-order chi connectivity index (χ1) is 11.0. The summed E-state index contributed by atoms with van der Waals surface area (Å²) in [6.45, 7) is 11.5. The van der Waals surface area contributed by atoms with E-state index in [-0.39, 0.29) is 6.41 Å². The number of rotatable bonds is 0. The van der Waals surface area contributed by atoms with Crippen molar-refractivity contribution in [3.63, 3.8) is 0 Å². The van der Waals surface area contributed by atoms with E-state index in [1.165, 1.54) is 6.33 Å². The summed E-state index contributed by atoms with van der Waals surface area (Å²) >= 11 is 0. The number of primary amides is 1. The van der Waals surface area contributed by atoms with Crippen LogP contribution >= 0.6 is 0 Å². The second kappa shape index (κ2) is 8.23. The SMILES string of the molecule is CC1=NCc2ncnc(N)c21.NC=O.[C-]#[N+]C1=C(N)CN=C1C. The Morgan fingerprint density at radius 3 is 2.22 bits per heavy atom. The van der Waals surface area contributed by atoms with Crippen molar-refractivity contribution in [2.45, 2.75) is 20.4 Å². The minimum atomic E-state index is 0.250. The Morgan fingerprint density at radius 2 is 1.78 bits per heavy atom. The second-order valence-corrected chi connectivity index (χ2v) is 4.51. The van der Waals surface area contributed by atoms with E-state index in [9.17, 15) is 0 Å². The molecule has 120 valence electrons. The number of aliphatic imine (C=N–C) groups is 2.